The predicted molar refractivity (Wildman–Crippen MR) is 142 cm³/mol. The van der Waals surface area contributed by atoms with Crippen molar-refractivity contribution in [1.29, 1.82) is 0 Å². The van der Waals surface area contributed by atoms with Crippen molar-refractivity contribution >= 4 is 22.9 Å². The van der Waals surface area contributed by atoms with Gasteiger partial charge in [-0.3, -0.25) is 9.69 Å². The van der Waals surface area contributed by atoms with Crippen LogP contribution >= 0.6 is 0 Å². The highest BCUT2D eigenvalue weighted by atomic mass is 16.3. The lowest BCUT2D eigenvalue weighted by molar-refractivity contribution is -0.125. The number of carbonyl (C=O) groups excluding carboxylic acids is 1. The zero-order chi connectivity index (χ0) is 25.0. The number of furan rings is 1. The lowest BCUT2D eigenvalue weighted by Gasteiger charge is -2.33. The Morgan fingerprint density at radius 1 is 1.08 bits per heavy atom. The number of imidazole rings is 1. The third kappa shape index (κ3) is 5.37. The summed E-state index contributed by atoms with van der Waals surface area (Å²) in [6.45, 7) is 4.88. The third-order valence-corrected chi connectivity index (χ3v) is 8.44. The molecule has 1 saturated carbocycles. The standard InChI is InChI=1S/C28H39N7O2/c36-28(29-13-16-33(22-9-3-4-10-22)19-23-11-7-17-37-23)21-8-6-14-34(18-21)26-25-27(31-20-30-26)35-15-5-1-2-12-24(35)32-25/h7,11,17,20-22H,1-6,8-10,12-16,18-19H2,(H,29,36). The smallest absolute Gasteiger partial charge is 0.224 e. The number of fused-ring (bicyclic) bond motifs is 3. The fourth-order valence-electron chi connectivity index (χ4n) is 6.47. The van der Waals surface area contributed by atoms with E-state index in [9.17, 15) is 4.79 Å². The normalized spacial score (nSPS) is 20.9. The second kappa shape index (κ2) is 11.2. The van der Waals surface area contributed by atoms with Crippen molar-refractivity contribution < 1.29 is 9.21 Å². The zero-order valence-electron chi connectivity index (χ0n) is 21.8. The Hall–Kier alpha value is -2.94. The van der Waals surface area contributed by atoms with Gasteiger partial charge in [0.25, 0.3) is 0 Å². The van der Waals surface area contributed by atoms with Crippen LogP contribution < -0.4 is 10.2 Å². The van der Waals surface area contributed by atoms with E-state index in [1.807, 2.05) is 12.1 Å². The Kier molecular flexibility index (Phi) is 7.39. The molecule has 3 aromatic rings. The van der Waals surface area contributed by atoms with Gasteiger partial charge in [0.15, 0.2) is 17.0 Å². The van der Waals surface area contributed by atoms with Gasteiger partial charge in [-0.25, -0.2) is 15.0 Å². The van der Waals surface area contributed by atoms with Crippen LogP contribution in [0.25, 0.3) is 11.2 Å². The van der Waals surface area contributed by atoms with Gasteiger partial charge in [0.05, 0.1) is 18.7 Å². The first-order valence-corrected chi connectivity index (χ1v) is 14.3. The summed E-state index contributed by atoms with van der Waals surface area (Å²) in [6, 6.07) is 4.57. The average molecular weight is 506 g/mol. The van der Waals surface area contributed by atoms with E-state index in [1.165, 1.54) is 44.9 Å². The molecule has 0 spiro atoms. The van der Waals surface area contributed by atoms with Crippen molar-refractivity contribution in [2.24, 2.45) is 5.92 Å². The highest BCUT2D eigenvalue weighted by Crippen LogP contribution is 2.29. The Morgan fingerprint density at radius 2 is 2.00 bits per heavy atom. The number of hydrogen-bond donors (Lipinski definition) is 1. The second-order valence-electron chi connectivity index (χ2n) is 10.9. The summed E-state index contributed by atoms with van der Waals surface area (Å²) in [5, 5.41) is 3.25. The van der Waals surface area contributed by atoms with E-state index >= 15 is 0 Å². The van der Waals surface area contributed by atoms with Crippen molar-refractivity contribution in [1.82, 2.24) is 29.7 Å². The molecular weight excluding hydrogens is 466 g/mol. The first-order chi connectivity index (χ1) is 18.3. The van der Waals surface area contributed by atoms with Gasteiger partial charge in [0, 0.05) is 45.2 Å². The van der Waals surface area contributed by atoms with E-state index < -0.39 is 0 Å². The molecule has 3 aliphatic rings. The third-order valence-electron chi connectivity index (χ3n) is 8.44. The van der Waals surface area contributed by atoms with Gasteiger partial charge in [-0.15, -0.1) is 0 Å². The van der Waals surface area contributed by atoms with Crippen molar-refractivity contribution in [2.45, 2.75) is 83.3 Å². The van der Waals surface area contributed by atoms with Gasteiger partial charge in [-0.2, -0.15) is 0 Å². The van der Waals surface area contributed by atoms with Crippen molar-refractivity contribution in [2.75, 3.05) is 31.1 Å². The minimum Gasteiger partial charge on any atom is -0.468 e. The fourth-order valence-corrected chi connectivity index (χ4v) is 6.47. The number of anilines is 1. The predicted octanol–water partition coefficient (Wildman–Crippen LogP) is 3.92. The minimum atomic E-state index is -0.0378. The average Bonchev–Trinajstić information content (AvgIpc) is 3.68. The van der Waals surface area contributed by atoms with E-state index in [0.29, 0.717) is 19.1 Å². The minimum absolute atomic E-state index is 0.0378. The fraction of sp³-hybridized carbons (Fsp3) is 0.643. The van der Waals surface area contributed by atoms with Crippen LogP contribution in [0.3, 0.4) is 0 Å². The highest BCUT2D eigenvalue weighted by Gasteiger charge is 2.29. The molecule has 1 amide bonds. The molecule has 2 aliphatic heterocycles. The van der Waals surface area contributed by atoms with Crippen LogP contribution in [0.15, 0.2) is 29.1 Å². The molecule has 0 aromatic carbocycles. The molecule has 6 rings (SSSR count). The van der Waals surface area contributed by atoms with Crippen LogP contribution in [0.4, 0.5) is 5.82 Å². The molecule has 0 radical (unpaired) electrons. The number of aromatic nitrogens is 4. The molecule has 9 nitrogen and oxygen atoms in total. The molecular formula is C28H39N7O2. The number of carbonyl (C=O) groups is 1. The molecule has 3 aromatic heterocycles. The SMILES string of the molecule is O=C(NCCN(Cc1ccco1)C1CCCC1)C1CCCN(c2ncnc3c2nc2n3CCCCC2)C1. The van der Waals surface area contributed by atoms with Crippen LogP contribution in [0, 0.1) is 5.92 Å². The summed E-state index contributed by atoms with van der Waals surface area (Å²) < 4.78 is 7.89. The lowest BCUT2D eigenvalue weighted by atomic mass is 9.97. The maximum absolute atomic E-state index is 13.2. The van der Waals surface area contributed by atoms with Crippen LogP contribution in [0.5, 0.6) is 0 Å². The quantitative estimate of drug-likeness (QED) is 0.496. The van der Waals surface area contributed by atoms with E-state index in [0.717, 1.165) is 74.0 Å². The monoisotopic (exact) mass is 505 g/mol. The molecule has 37 heavy (non-hydrogen) atoms. The number of rotatable bonds is 8. The molecule has 0 bridgehead atoms. The number of aryl methyl sites for hydroxylation is 2. The number of piperidine rings is 1. The van der Waals surface area contributed by atoms with Gasteiger partial charge < -0.3 is 19.2 Å². The van der Waals surface area contributed by atoms with Crippen molar-refractivity contribution in [3.63, 3.8) is 0 Å². The van der Waals surface area contributed by atoms with E-state index in [1.54, 1.807) is 12.6 Å². The summed E-state index contributed by atoms with van der Waals surface area (Å²) >= 11 is 0. The summed E-state index contributed by atoms with van der Waals surface area (Å²) in [4.78, 5) is 32.2. The summed E-state index contributed by atoms with van der Waals surface area (Å²) in [5.41, 5.74) is 1.84. The number of nitrogens with one attached hydrogen (secondary N) is 1. The Morgan fingerprint density at radius 3 is 2.86 bits per heavy atom. The maximum Gasteiger partial charge on any atom is 0.224 e. The molecule has 9 heteroatoms. The summed E-state index contributed by atoms with van der Waals surface area (Å²) in [7, 11) is 0. The summed E-state index contributed by atoms with van der Waals surface area (Å²) in [6.07, 6.45) is 14.9. The second-order valence-corrected chi connectivity index (χ2v) is 10.9. The van der Waals surface area contributed by atoms with Crippen molar-refractivity contribution in [3.8, 4) is 0 Å². The highest BCUT2D eigenvalue weighted by molar-refractivity contribution is 5.85. The van der Waals surface area contributed by atoms with Gasteiger partial charge in [-0.1, -0.05) is 19.3 Å². The summed E-state index contributed by atoms with van der Waals surface area (Å²) in [5.74, 6) is 3.12. The van der Waals surface area contributed by atoms with E-state index in [2.05, 4.69) is 29.7 Å². The largest absolute Gasteiger partial charge is 0.468 e. The molecule has 5 heterocycles. The lowest BCUT2D eigenvalue weighted by Crippen LogP contribution is -2.45. The molecule has 1 unspecified atom stereocenters. The number of hydrogen-bond acceptors (Lipinski definition) is 7. The molecule has 1 aliphatic carbocycles. The zero-order valence-corrected chi connectivity index (χ0v) is 21.8. The van der Waals surface area contributed by atoms with Crippen LogP contribution in [-0.4, -0.2) is 62.5 Å². The van der Waals surface area contributed by atoms with E-state index in [-0.39, 0.29) is 11.8 Å². The Balaban J connectivity index is 1.09. The number of nitrogens with zero attached hydrogens (tertiary/aromatic N) is 6. The first-order valence-electron chi connectivity index (χ1n) is 14.3. The molecule has 1 N–H and O–H groups in total. The van der Waals surface area contributed by atoms with Crippen LogP contribution in [-0.2, 0) is 24.3 Å². The number of amides is 1. The molecule has 1 saturated heterocycles. The first kappa shape index (κ1) is 24.4. The van der Waals surface area contributed by atoms with Gasteiger partial charge in [-0.05, 0) is 50.7 Å². The van der Waals surface area contributed by atoms with Gasteiger partial charge in [0.1, 0.15) is 17.9 Å². The maximum atomic E-state index is 13.2. The van der Waals surface area contributed by atoms with Gasteiger partial charge in [0.2, 0.25) is 5.91 Å². The topological polar surface area (TPSA) is 92.3 Å². The van der Waals surface area contributed by atoms with Crippen LogP contribution in [0.1, 0.15) is 69.4 Å². The molecule has 2 fully saturated rings. The van der Waals surface area contributed by atoms with E-state index in [4.69, 9.17) is 9.40 Å². The van der Waals surface area contributed by atoms with Crippen molar-refractivity contribution in [3.05, 3.63) is 36.3 Å². The molecule has 198 valence electrons. The molecule has 1 atom stereocenters. The Bertz CT molecular complexity index is 1180. The van der Waals surface area contributed by atoms with Crippen LogP contribution in [0.2, 0.25) is 0 Å². The Labute approximate surface area is 218 Å². The van der Waals surface area contributed by atoms with Gasteiger partial charge >= 0.3 is 0 Å².